The standard InChI is InChI=1S/C16H22N2O3/c1-11-14(19)18(16(2,3)4)15(20)17(11)10-12-6-8-13(21-5)9-7-12/h6-9,11H,10H2,1-5H3. The summed E-state index contributed by atoms with van der Waals surface area (Å²) in [4.78, 5) is 27.8. The van der Waals surface area contributed by atoms with Gasteiger partial charge in [-0.25, -0.2) is 4.79 Å². The lowest BCUT2D eigenvalue weighted by Crippen LogP contribution is -2.46. The number of amides is 3. The van der Waals surface area contributed by atoms with Gasteiger partial charge in [-0.15, -0.1) is 0 Å². The second kappa shape index (κ2) is 5.39. The molecule has 1 fully saturated rings. The number of nitrogens with zero attached hydrogens (tertiary/aromatic N) is 2. The Labute approximate surface area is 125 Å². The Kier molecular flexibility index (Phi) is 3.94. The van der Waals surface area contributed by atoms with Crippen LogP contribution in [-0.4, -0.2) is 40.4 Å². The van der Waals surface area contributed by atoms with Crippen molar-refractivity contribution in [2.45, 2.75) is 45.8 Å². The van der Waals surface area contributed by atoms with Crippen LogP contribution in [0.5, 0.6) is 5.75 Å². The molecular formula is C16H22N2O3. The molecule has 1 aromatic rings. The first-order chi connectivity index (χ1) is 9.75. The van der Waals surface area contributed by atoms with Crippen LogP contribution in [-0.2, 0) is 11.3 Å². The highest BCUT2D eigenvalue weighted by Crippen LogP contribution is 2.27. The van der Waals surface area contributed by atoms with E-state index in [9.17, 15) is 9.59 Å². The molecule has 1 aliphatic rings. The minimum absolute atomic E-state index is 0.138. The van der Waals surface area contributed by atoms with Gasteiger partial charge in [0.15, 0.2) is 0 Å². The Morgan fingerprint density at radius 2 is 1.71 bits per heavy atom. The lowest BCUT2D eigenvalue weighted by molar-refractivity contribution is -0.130. The van der Waals surface area contributed by atoms with Crippen molar-refractivity contribution < 1.29 is 14.3 Å². The third-order valence-corrected chi connectivity index (χ3v) is 3.67. The highest BCUT2D eigenvalue weighted by atomic mass is 16.5. The number of carbonyl (C=O) groups is 2. The van der Waals surface area contributed by atoms with E-state index in [2.05, 4.69) is 0 Å². The molecule has 5 heteroatoms. The number of ether oxygens (including phenoxy) is 1. The second-order valence-corrected chi connectivity index (χ2v) is 6.28. The molecule has 1 atom stereocenters. The quantitative estimate of drug-likeness (QED) is 0.804. The van der Waals surface area contributed by atoms with Gasteiger partial charge in [-0.05, 0) is 45.4 Å². The molecule has 21 heavy (non-hydrogen) atoms. The summed E-state index contributed by atoms with van der Waals surface area (Å²) in [5.74, 6) is 0.632. The Hall–Kier alpha value is -2.04. The van der Waals surface area contributed by atoms with Crippen molar-refractivity contribution in [2.75, 3.05) is 7.11 Å². The predicted octanol–water partition coefficient (Wildman–Crippen LogP) is 2.65. The van der Waals surface area contributed by atoms with Crippen LogP contribution in [0.1, 0.15) is 33.3 Å². The van der Waals surface area contributed by atoms with Crippen LogP contribution in [0, 0.1) is 0 Å². The first-order valence-electron chi connectivity index (χ1n) is 7.03. The van der Waals surface area contributed by atoms with Crippen LogP contribution in [0.2, 0.25) is 0 Å². The third kappa shape index (κ3) is 2.86. The second-order valence-electron chi connectivity index (χ2n) is 6.28. The van der Waals surface area contributed by atoms with E-state index in [4.69, 9.17) is 4.74 Å². The first kappa shape index (κ1) is 15.4. The largest absolute Gasteiger partial charge is 0.497 e. The summed E-state index contributed by atoms with van der Waals surface area (Å²) in [5, 5.41) is 0. The zero-order valence-electron chi connectivity index (χ0n) is 13.2. The molecule has 3 amide bonds. The van der Waals surface area contributed by atoms with Gasteiger partial charge in [-0.2, -0.15) is 0 Å². The van der Waals surface area contributed by atoms with Crippen LogP contribution in [0.25, 0.3) is 0 Å². The maximum absolute atomic E-state index is 12.5. The summed E-state index contributed by atoms with van der Waals surface area (Å²) in [6.07, 6.45) is 0. The van der Waals surface area contributed by atoms with Crippen molar-refractivity contribution in [2.24, 2.45) is 0 Å². The molecule has 1 saturated heterocycles. The van der Waals surface area contributed by atoms with Gasteiger partial charge in [-0.3, -0.25) is 9.69 Å². The van der Waals surface area contributed by atoms with E-state index in [-0.39, 0.29) is 11.9 Å². The van der Waals surface area contributed by atoms with Gasteiger partial charge in [0.25, 0.3) is 5.91 Å². The molecule has 1 heterocycles. The molecule has 1 aliphatic heterocycles. The number of imide groups is 1. The van der Waals surface area contributed by atoms with Crippen LogP contribution in [0.3, 0.4) is 0 Å². The SMILES string of the molecule is COc1ccc(CN2C(=O)N(C(C)(C)C)C(=O)C2C)cc1. The fourth-order valence-electron chi connectivity index (χ4n) is 2.46. The normalized spacial score (nSPS) is 19.4. The van der Waals surface area contributed by atoms with Crippen LogP contribution in [0.4, 0.5) is 4.79 Å². The molecule has 1 unspecified atom stereocenters. The van der Waals surface area contributed by atoms with E-state index in [1.165, 1.54) is 4.90 Å². The molecule has 2 rings (SSSR count). The van der Waals surface area contributed by atoms with Gasteiger partial charge in [0.2, 0.25) is 0 Å². The summed E-state index contributed by atoms with van der Waals surface area (Å²) < 4.78 is 5.12. The summed E-state index contributed by atoms with van der Waals surface area (Å²) in [6, 6.07) is 6.86. The number of urea groups is 1. The van der Waals surface area contributed by atoms with Crippen LogP contribution in [0.15, 0.2) is 24.3 Å². The van der Waals surface area contributed by atoms with Gasteiger partial charge in [-0.1, -0.05) is 12.1 Å². The fraction of sp³-hybridized carbons (Fsp3) is 0.500. The Morgan fingerprint density at radius 3 is 2.14 bits per heavy atom. The van der Waals surface area contributed by atoms with E-state index in [1.807, 2.05) is 45.0 Å². The van der Waals surface area contributed by atoms with Crippen LogP contribution >= 0.6 is 0 Å². The molecule has 0 radical (unpaired) electrons. The van der Waals surface area contributed by atoms with Gasteiger partial charge >= 0.3 is 6.03 Å². The monoisotopic (exact) mass is 290 g/mol. The molecule has 114 valence electrons. The molecule has 0 saturated carbocycles. The van der Waals surface area contributed by atoms with Gasteiger partial charge in [0, 0.05) is 12.1 Å². The van der Waals surface area contributed by atoms with Gasteiger partial charge < -0.3 is 9.64 Å². The van der Waals surface area contributed by atoms with Crippen molar-refractivity contribution in [1.82, 2.24) is 9.80 Å². The van der Waals surface area contributed by atoms with Crippen LogP contribution < -0.4 is 4.74 Å². The smallest absolute Gasteiger partial charge is 0.328 e. The maximum Gasteiger partial charge on any atom is 0.328 e. The molecule has 0 bridgehead atoms. The summed E-state index contributed by atoms with van der Waals surface area (Å²) in [5.41, 5.74) is 0.469. The summed E-state index contributed by atoms with van der Waals surface area (Å²) >= 11 is 0. The summed E-state index contributed by atoms with van der Waals surface area (Å²) in [6.45, 7) is 7.79. The highest BCUT2D eigenvalue weighted by Gasteiger charge is 2.47. The maximum atomic E-state index is 12.5. The molecule has 0 aromatic heterocycles. The molecule has 0 aliphatic carbocycles. The third-order valence-electron chi connectivity index (χ3n) is 3.67. The van der Waals surface area contributed by atoms with E-state index < -0.39 is 11.6 Å². The average Bonchev–Trinajstić information content (AvgIpc) is 2.63. The van der Waals surface area contributed by atoms with Crippen molar-refractivity contribution in [3.8, 4) is 5.75 Å². The Bertz CT molecular complexity index is 546. The van der Waals surface area contributed by atoms with E-state index >= 15 is 0 Å². The zero-order valence-corrected chi connectivity index (χ0v) is 13.2. The molecule has 1 aromatic carbocycles. The fourth-order valence-corrected chi connectivity index (χ4v) is 2.46. The number of rotatable bonds is 3. The molecular weight excluding hydrogens is 268 g/mol. The molecule has 5 nitrogen and oxygen atoms in total. The van der Waals surface area contributed by atoms with Crippen molar-refractivity contribution >= 4 is 11.9 Å². The molecule has 0 spiro atoms. The average molecular weight is 290 g/mol. The number of carbonyl (C=O) groups excluding carboxylic acids is 2. The first-order valence-corrected chi connectivity index (χ1v) is 7.03. The highest BCUT2D eigenvalue weighted by molar-refractivity contribution is 6.04. The molecule has 0 N–H and O–H groups in total. The lowest BCUT2D eigenvalue weighted by atomic mass is 10.1. The minimum atomic E-state index is -0.503. The Balaban J connectivity index is 2.20. The van der Waals surface area contributed by atoms with Crippen molar-refractivity contribution in [3.63, 3.8) is 0 Å². The topological polar surface area (TPSA) is 49.9 Å². The number of benzene rings is 1. The summed E-state index contributed by atoms with van der Waals surface area (Å²) in [7, 11) is 1.61. The van der Waals surface area contributed by atoms with Crippen molar-refractivity contribution in [1.29, 1.82) is 0 Å². The van der Waals surface area contributed by atoms with Crippen molar-refractivity contribution in [3.05, 3.63) is 29.8 Å². The van der Waals surface area contributed by atoms with E-state index in [0.29, 0.717) is 6.54 Å². The Morgan fingerprint density at radius 1 is 1.14 bits per heavy atom. The zero-order chi connectivity index (χ0) is 15.8. The van der Waals surface area contributed by atoms with Gasteiger partial charge in [0.1, 0.15) is 11.8 Å². The minimum Gasteiger partial charge on any atom is -0.497 e. The van der Waals surface area contributed by atoms with E-state index in [1.54, 1.807) is 18.9 Å². The number of hydrogen-bond donors (Lipinski definition) is 0. The van der Waals surface area contributed by atoms with Gasteiger partial charge in [0.05, 0.1) is 7.11 Å². The lowest BCUT2D eigenvalue weighted by Gasteiger charge is -2.29. The number of hydrogen-bond acceptors (Lipinski definition) is 3. The number of methoxy groups -OCH3 is 1. The van der Waals surface area contributed by atoms with E-state index in [0.717, 1.165) is 11.3 Å². The predicted molar refractivity (Wildman–Crippen MR) is 80.0 cm³/mol.